The van der Waals surface area contributed by atoms with E-state index in [-0.39, 0.29) is 5.63 Å². The lowest BCUT2D eigenvalue weighted by molar-refractivity contribution is 0.486. The average molecular weight is 274 g/mol. The topological polar surface area (TPSA) is 30.2 Å². The second-order valence-corrected chi connectivity index (χ2v) is 3.74. The maximum atomic E-state index is 11.5. The van der Waals surface area contributed by atoms with Crippen LogP contribution in [-0.4, -0.2) is 0 Å². The Morgan fingerprint density at radius 2 is 1.93 bits per heavy atom. The van der Waals surface area contributed by atoms with Gasteiger partial charge in [-0.25, -0.2) is 4.79 Å². The average Bonchev–Trinajstić information content (AvgIpc) is 2.23. The Kier molecular flexibility index (Phi) is 2.61. The number of halogens is 2. The quantitative estimate of drug-likeness (QED) is 0.746. The van der Waals surface area contributed by atoms with Crippen molar-refractivity contribution >= 4 is 38.3 Å². The molecular weight excluding hydrogens is 267 g/mol. The van der Waals surface area contributed by atoms with Crippen LogP contribution in [0.4, 0.5) is 0 Å². The van der Waals surface area contributed by atoms with Crippen molar-refractivity contribution in [1.29, 1.82) is 0 Å². The Balaban J connectivity index is 2.95. The molecule has 0 unspecified atom stereocenters. The van der Waals surface area contributed by atoms with Crippen molar-refractivity contribution in [2.75, 3.05) is 0 Å². The first kappa shape index (κ1) is 9.74. The van der Waals surface area contributed by atoms with Crippen LogP contribution in [0.15, 0.2) is 33.5 Å². The standard InChI is InChI=1S/C10H6BrClO2/c11-5-8-9(12)6-3-1-2-4-7(6)10(13)14-8/h1-4H,5H2. The van der Waals surface area contributed by atoms with Crippen molar-refractivity contribution in [3.05, 3.63) is 45.5 Å². The highest BCUT2D eigenvalue weighted by Gasteiger charge is 2.09. The third-order valence-electron chi connectivity index (χ3n) is 1.97. The molecule has 0 aliphatic rings. The highest BCUT2D eigenvalue weighted by atomic mass is 79.9. The number of benzene rings is 1. The number of rotatable bonds is 1. The van der Waals surface area contributed by atoms with Gasteiger partial charge in [-0.2, -0.15) is 0 Å². The van der Waals surface area contributed by atoms with Gasteiger partial charge in [0.15, 0.2) is 0 Å². The molecule has 2 aromatic rings. The van der Waals surface area contributed by atoms with E-state index >= 15 is 0 Å². The van der Waals surface area contributed by atoms with E-state index < -0.39 is 0 Å². The van der Waals surface area contributed by atoms with Crippen LogP contribution in [0.2, 0.25) is 5.02 Å². The summed E-state index contributed by atoms with van der Waals surface area (Å²) < 4.78 is 5.04. The lowest BCUT2D eigenvalue weighted by Crippen LogP contribution is -2.01. The van der Waals surface area contributed by atoms with Crippen LogP contribution in [0.5, 0.6) is 0 Å². The predicted molar refractivity (Wildman–Crippen MR) is 60.1 cm³/mol. The van der Waals surface area contributed by atoms with Gasteiger partial charge < -0.3 is 4.42 Å². The smallest absolute Gasteiger partial charge is 0.343 e. The van der Waals surface area contributed by atoms with Crippen LogP contribution in [0, 0.1) is 0 Å². The fraction of sp³-hybridized carbons (Fsp3) is 0.100. The first-order chi connectivity index (χ1) is 6.74. The highest BCUT2D eigenvalue weighted by Crippen LogP contribution is 2.25. The molecule has 0 saturated carbocycles. The van der Waals surface area contributed by atoms with Gasteiger partial charge in [0, 0.05) is 5.39 Å². The number of alkyl halides is 1. The molecule has 0 fully saturated rings. The van der Waals surface area contributed by atoms with E-state index in [1.807, 2.05) is 6.07 Å². The zero-order chi connectivity index (χ0) is 10.1. The third kappa shape index (κ3) is 1.47. The predicted octanol–water partition coefficient (Wildman–Crippen LogP) is 3.34. The number of fused-ring (bicyclic) bond motifs is 1. The molecule has 0 saturated heterocycles. The molecule has 14 heavy (non-hydrogen) atoms. The minimum atomic E-state index is -0.348. The Morgan fingerprint density at radius 1 is 1.29 bits per heavy atom. The second-order valence-electron chi connectivity index (χ2n) is 2.81. The van der Waals surface area contributed by atoms with Gasteiger partial charge in [0.2, 0.25) is 0 Å². The summed E-state index contributed by atoms with van der Waals surface area (Å²) in [6.07, 6.45) is 0. The van der Waals surface area contributed by atoms with E-state index in [9.17, 15) is 4.79 Å². The van der Waals surface area contributed by atoms with E-state index in [1.165, 1.54) is 0 Å². The Labute approximate surface area is 93.6 Å². The number of hydrogen-bond donors (Lipinski definition) is 0. The molecular formula is C10H6BrClO2. The molecule has 2 nitrogen and oxygen atoms in total. The van der Waals surface area contributed by atoms with Gasteiger partial charge in [-0.15, -0.1) is 0 Å². The van der Waals surface area contributed by atoms with Gasteiger partial charge in [-0.05, 0) is 6.07 Å². The molecule has 0 aliphatic carbocycles. The number of hydrogen-bond acceptors (Lipinski definition) is 2. The van der Waals surface area contributed by atoms with Gasteiger partial charge in [-0.1, -0.05) is 45.7 Å². The largest absolute Gasteiger partial charge is 0.425 e. The van der Waals surface area contributed by atoms with E-state index in [0.717, 1.165) is 5.39 Å². The summed E-state index contributed by atoms with van der Waals surface area (Å²) in [5, 5.41) is 2.19. The van der Waals surface area contributed by atoms with Gasteiger partial charge in [-0.3, -0.25) is 0 Å². The SMILES string of the molecule is O=c1oc(CBr)c(Cl)c2ccccc12. The summed E-state index contributed by atoms with van der Waals surface area (Å²) in [6.45, 7) is 0. The maximum absolute atomic E-state index is 11.5. The van der Waals surface area contributed by atoms with E-state index in [2.05, 4.69) is 15.9 Å². The lowest BCUT2D eigenvalue weighted by atomic mass is 10.2. The summed E-state index contributed by atoms with van der Waals surface area (Å²) in [7, 11) is 0. The molecule has 2 rings (SSSR count). The van der Waals surface area contributed by atoms with Crippen molar-refractivity contribution in [3.63, 3.8) is 0 Å². The van der Waals surface area contributed by atoms with Crippen molar-refractivity contribution in [1.82, 2.24) is 0 Å². The van der Waals surface area contributed by atoms with Gasteiger partial charge in [0.25, 0.3) is 0 Å². The summed E-state index contributed by atoms with van der Waals surface area (Å²) in [5.74, 6) is 0.468. The Hall–Kier alpha value is -0.800. The van der Waals surface area contributed by atoms with Gasteiger partial charge in [0.05, 0.1) is 15.7 Å². The van der Waals surface area contributed by atoms with Crippen molar-refractivity contribution in [2.24, 2.45) is 0 Å². The minimum absolute atomic E-state index is 0.348. The molecule has 0 spiro atoms. The van der Waals surface area contributed by atoms with E-state index in [4.69, 9.17) is 16.0 Å². The van der Waals surface area contributed by atoms with Crippen LogP contribution in [0.25, 0.3) is 10.8 Å². The van der Waals surface area contributed by atoms with Crippen LogP contribution >= 0.6 is 27.5 Å². The fourth-order valence-electron chi connectivity index (χ4n) is 1.30. The molecule has 0 N–H and O–H groups in total. The molecule has 0 radical (unpaired) electrons. The lowest BCUT2D eigenvalue weighted by Gasteiger charge is -2.02. The molecule has 4 heteroatoms. The van der Waals surface area contributed by atoms with Crippen molar-refractivity contribution in [3.8, 4) is 0 Å². The normalized spacial score (nSPS) is 10.7. The monoisotopic (exact) mass is 272 g/mol. The minimum Gasteiger partial charge on any atom is -0.425 e. The molecule has 1 heterocycles. The summed E-state index contributed by atoms with van der Waals surface area (Å²) in [5.41, 5.74) is -0.348. The molecule has 0 amide bonds. The zero-order valence-corrected chi connectivity index (χ0v) is 9.43. The highest BCUT2D eigenvalue weighted by molar-refractivity contribution is 9.08. The molecule has 0 bridgehead atoms. The second kappa shape index (κ2) is 3.75. The van der Waals surface area contributed by atoms with Crippen LogP contribution in [-0.2, 0) is 5.33 Å². The summed E-state index contributed by atoms with van der Waals surface area (Å²) in [4.78, 5) is 11.5. The first-order valence-corrected chi connectivity index (χ1v) is 5.50. The zero-order valence-electron chi connectivity index (χ0n) is 7.09. The molecule has 0 atom stereocenters. The third-order valence-corrected chi connectivity index (χ3v) is 2.89. The molecule has 0 aliphatic heterocycles. The Morgan fingerprint density at radius 3 is 2.57 bits per heavy atom. The molecule has 72 valence electrons. The van der Waals surface area contributed by atoms with Crippen molar-refractivity contribution in [2.45, 2.75) is 5.33 Å². The Bertz CT molecular complexity index is 533. The molecule has 1 aromatic heterocycles. The fourth-order valence-corrected chi connectivity index (χ4v) is 2.13. The molecule has 1 aromatic carbocycles. The van der Waals surface area contributed by atoms with Crippen LogP contribution in [0.3, 0.4) is 0 Å². The maximum Gasteiger partial charge on any atom is 0.343 e. The van der Waals surface area contributed by atoms with Gasteiger partial charge >= 0.3 is 5.63 Å². The van der Waals surface area contributed by atoms with E-state index in [1.54, 1.807) is 18.2 Å². The summed E-state index contributed by atoms with van der Waals surface area (Å²) >= 11 is 9.26. The van der Waals surface area contributed by atoms with E-state index in [0.29, 0.717) is 21.5 Å². The first-order valence-electron chi connectivity index (χ1n) is 4.00. The summed E-state index contributed by atoms with van der Waals surface area (Å²) in [6, 6.07) is 7.13. The van der Waals surface area contributed by atoms with Gasteiger partial charge in [0.1, 0.15) is 5.76 Å². The van der Waals surface area contributed by atoms with Crippen LogP contribution in [0.1, 0.15) is 5.76 Å². The van der Waals surface area contributed by atoms with Crippen molar-refractivity contribution < 1.29 is 4.42 Å². The van der Waals surface area contributed by atoms with Crippen LogP contribution < -0.4 is 5.63 Å².